The Hall–Kier alpha value is -0.980. The first-order valence-electron chi connectivity index (χ1n) is 23.0. The average molecular weight is 887 g/mol. The van der Waals surface area contributed by atoms with E-state index >= 15 is 0 Å². The van der Waals surface area contributed by atoms with Crippen LogP contribution in [0.2, 0.25) is 0 Å². The number of ether oxygens (including phenoxy) is 8. The summed E-state index contributed by atoms with van der Waals surface area (Å²) in [5.74, 6) is 0.00381. The summed E-state index contributed by atoms with van der Waals surface area (Å²) in [4.78, 5) is 0. The summed E-state index contributed by atoms with van der Waals surface area (Å²) >= 11 is 0. The van der Waals surface area contributed by atoms with Crippen molar-refractivity contribution in [2.75, 3.05) is 13.2 Å². The second kappa shape index (κ2) is 17.0. The predicted octanol–water partition coefficient (Wildman–Crippen LogP) is -0.858. The van der Waals surface area contributed by atoms with Crippen molar-refractivity contribution in [1.82, 2.24) is 0 Å². The summed E-state index contributed by atoms with van der Waals surface area (Å²) in [7, 11) is 0. The number of hydrogen-bond acceptors (Lipinski definition) is 18. The van der Waals surface area contributed by atoms with E-state index < -0.39 is 117 Å². The van der Waals surface area contributed by atoms with E-state index in [1.54, 1.807) is 0 Å². The zero-order chi connectivity index (χ0) is 44.4. The van der Waals surface area contributed by atoms with Gasteiger partial charge >= 0.3 is 0 Å². The van der Waals surface area contributed by atoms with Crippen LogP contribution in [0.3, 0.4) is 0 Å². The van der Waals surface area contributed by atoms with Crippen LogP contribution in [0, 0.1) is 46.3 Å². The van der Waals surface area contributed by atoms with Crippen LogP contribution < -0.4 is 0 Å². The summed E-state index contributed by atoms with van der Waals surface area (Å²) in [5, 5.41) is 107. The molecule has 3 saturated carbocycles. The van der Waals surface area contributed by atoms with Gasteiger partial charge in [-0.15, -0.1) is 0 Å². The molecule has 10 N–H and O–H groups in total. The normalized spacial score (nSPS) is 58.9. The fourth-order valence-corrected chi connectivity index (χ4v) is 13.9. The molecule has 0 aromatic carbocycles. The Morgan fingerprint density at radius 2 is 1.45 bits per heavy atom. The number of hydrogen-bond donors (Lipinski definition) is 10. The Bertz CT molecular complexity index is 1640. The lowest BCUT2D eigenvalue weighted by molar-refractivity contribution is -0.385. The van der Waals surface area contributed by atoms with Gasteiger partial charge in [0.15, 0.2) is 30.9 Å². The van der Waals surface area contributed by atoms with Gasteiger partial charge in [0.25, 0.3) is 0 Å². The third kappa shape index (κ3) is 7.30. The zero-order valence-electron chi connectivity index (χ0n) is 36.2. The van der Waals surface area contributed by atoms with Gasteiger partial charge in [-0.25, -0.2) is 0 Å². The first-order valence-corrected chi connectivity index (χ1v) is 23.0. The molecule has 9 rings (SSSR count). The minimum absolute atomic E-state index is 0.0172. The number of allylic oxidation sites excluding steroid dienone is 1. The predicted molar refractivity (Wildman–Crippen MR) is 211 cm³/mol. The highest BCUT2D eigenvalue weighted by atomic mass is 16.8. The van der Waals surface area contributed by atoms with Gasteiger partial charge in [-0.1, -0.05) is 39.3 Å². The van der Waals surface area contributed by atoms with Crippen LogP contribution in [0.1, 0.15) is 86.0 Å². The van der Waals surface area contributed by atoms with Crippen molar-refractivity contribution in [1.29, 1.82) is 0 Å². The minimum atomic E-state index is -1.73. The summed E-state index contributed by atoms with van der Waals surface area (Å²) in [6.07, 6.45) is -14.3. The van der Waals surface area contributed by atoms with Crippen molar-refractivity contribution >= 4 is 0 Å². The molecule has 0 amide bonds. The highest BCUT2D eigenvalue weighted by Gasteiger charge is 2.71. The Morgan fingerprint density at radius 3 is 2.19 bits per heavy atom. The van der Waals surface area contributed by atoms with E-state index in [0.29, 0.717) is 37.0 Å². The van der Waals surface area contributed by atoms with Crippen LogP contribution >= 0.6 is 0 Å². The number of fused-ring (bicyclic) bond motifs is 7. The van der Waals surface area contributed by atoms with Gasteiger partial charge in [0.1, 0.15) is 67.1 Å². The van der Waals surface area contributed by atoms with Gasteiger partial charge in [0, 0.05) is 11.8 Å². The molecule has 18 nitrogen and oxygen atoms in total. The van der Waals surface area contributed by atoms with E-state index in [2.05, 4.69) is 26.8 Å². The molecular weight excluding hydrogens is 816 g/mol. The lowest BCUT2D eigenvalue weighted by Crippen LogP contribution is -2.66. The summed E-state index contributed by atoms with van der Waals surface area (Å²) in [6, 6.07) is 0. The van der Waals surface area contributed by atoms with Gasteiger partial charge in [0.2, 0.25) is 0 Å². The second-order valence-electron chi connectivity index (χ2n) is 20.8. The maximum Gasteiger partial charge on any atom is 0.200 e. The summed E-state index contributed by atoms with van der Waals surface area (Å²) in [6.45, 7) is 9.24. The van der Waals surface area contributed by atoms with Crippen molar-refractivity contribution in [3.8, 4) is 0 Å². The third-order valence-electron chi connectivity index (χ3n) is 17.5. The topological polar surface area (TPSA) is 276 Å². The Balaban J connectivity index is 0.914. The van der Waals surface area contributed by atoms with Crippen LogP contribution in [0.25, 0.3) is 0 Å². The largest absolute Gasteiger partial charge is 0.394 e. The van der Waals surface area contributed by atoms with E-state index in [-0.39, 0.29) is 41.3 Å². The number of rotatable bonds is 7. The van der Waals surface area contributed by atoms with E-state index in [9.17, 15) is 51.1 Å². The average Bonchev–Trinajstić information content (AvgIpc) is 3.69. The maximum absolute atomic E-state index is 11.9. The number of aliphatic hydroxyl groups excluding tert-OH is 10. The van der Waals surface area contributed by atoms with E-state index in [0.717, 1.165) is 32.1 Å². The standard InChI is InChI=1S/C44H70O18/c1-17-12-28(47)44(62-38(17)54)18(2)29-26(61-44)14-24-22-7-6-20-13-21(8-10-42(20,4)23(22)9-11-43(24,29)5)57-41-37(60-40-34(52)32(50)30(48)19(3)56-40)35(53)36(27(15-45)58-41)59-39-33(51)31(49)25(46)16-55-39/h6,17-19,21-41,45-54H,7-16H2,1-5H3. The Morgan fingerprint density at radius 1 is 0.726 bits per heavy atom. The molecule has 5 aliphatic heterocycles. The molecule has 8 fully saturated rings. The molecular formula is C44H70O18. The first-order chi connectivity index (χ1) is 29.3. The molecule has 4 aliphatic carbocycles. The molecule has 62 heavy (non-hydrogen) atoms. The second-order valence-corrected chi connectivity index (χ2v) is 20.8. The molecule has 5 saturated heterocycles. The molecule has 9 aliphatic rings. The highest BCUT2D eigenvalue weighted by molar-refractivity contribution is 5.26. The van der Waals surface area contributed by atoms with E-state index in [1.165, 1.54) is 12.5 Å². The molecule has 27 atom stereocenters. The van der Waals surface area contributed by atoms with Crippen LogP contribution in [-0.4, -0.2) is 181 Å². The van der Waals surface area contributed by atoms with Crippen molar-refractivity contribution in [2.24, 2.45) is 46.3 Å². The van der Waals surface area contributed by atoms with Crippen LogP contribution in [0.5, 0.6) is 0 Å². The van der Waals surface area contributed by atoms with Crippen LogP contribution in [0.4, 0.5) is 0 Å². The molecule has 0 aromatic heterocycles. The summed E-state index contributed by atoms with van der Waals surface area (Å²) < 4.78 is 49.1. The fraction of sp³-hybridized carbons (Fsp3) is 0.955. The molecule has 0 aromatic rings. The monoisotopic (exact) mass is 886 g/mol. The summed E-state index contributed by atoms with van der Waals surface area (Å²) in [5.41, 5.74) is 1.17. The van der Waals surface area contributed by atoms with Gasteiger partial charge in [-0.05, 0) is 92.8 Å². The van der Waals surface area contributed by atoms with Gasteiger partial charge in [-0.3, -0.25) is 0 Å². The Labute approximate surface area is 362 Å². The van der Waals surface area contributed by atoms with Crippen molar-refractivity contribution in [2.45, 2.75) is 202 Å². The van der Waals surface area contributed by atoms with Crippen molar-refractivity contribution in [3.63, 3.8) is 0 Å². The molecule has 1 spiro atoms. The molecule has 0 radical (unpaired) electrons. The Kier molecular flexibility index (Phi) is 12.6. The van der Waals surface area contributed by atoms with Crippen LogP contribution in [0.15, 0.2) is 11.6 Å². The molecule has 0 bridgehead atoms. The third-order valence-corrected chi connectivity index (χ3v) is 17.5. The maximum atomic E-state index is 11.9. The molecule has 18 heteroatoms. The van der Waals surface area contributed by atoms with Gasteiger partial charge < -0.3 is 89.0 Å². The molecule has 27 unspecified atom stereocenters. The first kappa shape index (κ1) is 46.1. The molecule has 5 heterocycles. The fourth-order valence-electron chi connectivity index (χ4n) is 13.9. The molecule has 354 valence electrons. The van der Waals surface area contributed by atoms with E-state index in [4.69, 9.17) is 37.9 Å². The lowest BCUT2D eigenvalue weighted by atomic mass is 9.47. The zero-order valence-corrected chi connectivity index (χ0v) is 36.2. The highest BCUT2D eigenvalue weighted by Crippen LogP contribution is 2.71. The quantitative estimate of drug-likeness (QED) is 0.139. The minimum Gasteiger partial charge on any atom is -0.394 e. The van der Waals surface area contributed by atoms with Crippen molar-refractivity contribution in [3.05, 3.63) is 11.6 Å². The van der Waals surface area contributed by atoms with E-state index in [1.807, 2.05) is 6.92 Å². The van der Waals surface area contributed by atoms with Gasteiger partial charge in [-0.2, -0.15) is 0 Å². The SMILES string of the molecule is CC1CC(O)C2(OC1O)OC1CC3C4CC=C5CC(OC6OC(CO)C(OC7OCC(O)C(O)C7O)C(O)C6OC6OC(C)C(O)C(O)C6O)CCC5(C)C4CCC3(C)C1C2C. The number of aliphatic hydroxyl groups is 10. The smallest absolute Gasteiger partial charge is 0.200 e. The van der Waals surface area contributed by atoms with Crippen molar-refractivity contribution < 1.29 is 89.0 Å². The lowest BCUT2D eigenvalue weighted by Gasteiger charge is -2.59. The van der Waals surface area contributed by atoms with Crippen LogP contribution in [-0.2, 0) is 37.9 Å². The van der Waals surface area contributed by atoms with Gasteiger partial charge in [0.05, 0.1) is 31.5 Å².